The lowest BCUT2D eigenvalue weighted by Gasteiger charge is -2.07. The molecule has 1 amide bonds. The largest absolute Gasteiger partial charge is 0.493 e. The Morgan fingerprint density at radius 3 is 2.53 bits per heavy atom. The molecule has 0 saturated heterocycles. The molecule has 0 bridgehead atoms. The van der Waals surface area contributed by atoms with E-state index in [4.69, 9.17) is 9.47 Å². The molecule has 15 heavy (non-hydrogen) atoms. The Bertz CT molecular complexity index is 361. The van der Waals surface area contributed by atoms with Gasteiger partial charge in [-0.3, -0.25) is 4.79 Å². The summed E-state index contributed by atoms with van der Waals surface area (Å²) in [5.74, 6) is 1.34. The third-order valence-corrected chi connectivity index (χ3v) is 1.85. The first-order valence-corrected chi connectivity index (χ1v) is 4.40. The Labute approximate surface area is 88.5 Å². The predicted molar refractivity (Wildman–Crippen MR) is 57.8 cm³/mol. The Kier molecular flexibility index (Phi) is 4.22. The maximum absolute atomic E-state index is 10.0. The highest BCUT2D eigenvalue weighted by molar-refractivity contribution is 5.58. The number of carbonyl (C=O) groups is 1. The van der Waals surface area contributed by atoms with Crippen molar-refractivity contribution in [2.45, 2.75) is 0 Å². The van der Waals surface area contributed by atoms with Gasteiger partial charge in [0.2, 0.25) is 6.41 Å². The Hall–Kier alpha value is -1.97. The molecule has 0 aromatic heterocycles. The van der Waals surface area contributed by atoms with Crippen LogP contribution >= 0.6 is 0 Å². The number of hydrogen-bond acceptors (Lipinski definition) is 3. The van der Waals surface area contributed by atoms with Gasteiger partial charge in [-0.2, -0.15) is 0 Å². The minimum Gasteiger partial charge on any atom is -0.493 e. The molecule has 0 aliphatic heterocycles. The molecule has 0 saturated carbocycles. The molecular formula is C11H13NO3. The van der Waals surface area contributed by atoms with Crippen molar-refractivity contribution in [3.63, 3.8) is 0 Å². The van der Waals surface area contributed by atoms with Crippen molar-refractivity contribution in [2.24, 2.45) is 0 Å². The number of nitrogens with one attached hydrogen (secondary N) is 1. The molecule has 4 heteroatoms. The number of ether oxygens (including phenoxy) is 2. The van der Waals surface area contributed by atoms with Crippen LogP contribution in [0.15, 0.2) is 24.4 Å². The molecule has 1 rings (SSSR count). The van der Waals surface area contributed by atoms with E-state index in [1.807, 2.05) is 12.1 Å². The van der Waals surface area contributed by atoms with Crippen LogP contribution in [0.5, 0.6) is 11.5 Å². The number of hydrogen-bond donors (Lipinski definition) is 1. The van der Waals surface area contributed by atoms with Crippen molar-refractivity contribution >= 4 is 12.5 Å². The maximum atomic E-state index is 10.0. The van der Waals surface area contributed by atoms with Gasteiger partial charge in [0.15, 0.2) is 11.5 Å². The topological polar surface area (TPSA) is 47.6 Å². The van der Waals surface area contributed by atoms with E-state index in [0.717, 1.165) is 5.56 Å². The van der Waals surface area contributed by atoms with E-state index in [-0.39, 0.29) is 0 Å². The normalized spacial score (nSPS) is 10.0. The number of methoxy groups -OCH3 is 2. The van der Waals surface area contributed by atoms with Crippen molar-refractivity contribution in [3.8, 4) is 11.5 Å². The Morgan fingerprint density at radius 2 is 1.93 bits per heavy atom. The fraction of sp³-hybridized carbons (Fsp3) is 0.182. The minimum atomic E-state index is 0.608. The van der Waals surface area contributed by atoms with E-state index in [1.165, 1.54) is 0 Å². The lowest BCUT2D eigenvalue weighted by Crippen LogP contribution is -1.98. The SMILES string of the molecule is COc1ccc(/C=C/NC=O)cc1OC. The number of carbonyl (C=O) groups excluding carboxylic acids is 1. The summed E-state index contributed by atoms with van der Waals surface area (Å²) < 4.78 is 10.2. The van der Waals surface area contributed by atoms with E-state index in [0.29, 0.717) is 17.9 Å². The van der Waals surface area contributed by atoms with Crippen molar-refractivity contribution < 1.29 is 14.3 Å². The molecule has 1 N–H and O–H groups in total. The average molecular weight is 207 g/mol. The lowest BCUT2D eigenvalue weighted by atomic mass is 10.2. The van der Waals surface area contributed by atoms with Crippen LogP contribution in [0.1, 0.15) is 5.56 Å². The first kappa shape index (κ1) is 11.1. The lowest BCUT2D eigenvalue weighted by molar-refractivity contribution is -0.108. The molecule has 0 radical (unpaired) electrons. The summed E-state index contributed by atoms with van der Waals surface area (Å²) in [6.45, 7) is 0. The second-order valence-corrected chi connectivity index (χ2v) is 2.73. The van der Waals surface area contributed by atoms with E-state index >= 15 is 0 Å². The summed E-state index contributed by atoms with van der Waals surface area (Å²) >= 11 is 0. The van der Waals surface area contributed by atoms with Crippen LogP contribution in [-0.4, -0.2) is 20.6 Å². The molecule has 1 aromatic rings. The third kappa shape index (κ3) is 3.02. The standard InChI is InChI=1S/C11H13NO3/c1-14-10-4-3-9(5-6-12-8-13)7-11(10)15-2/h3-8H,1-2H3,(H,12,13)/b6-5+. The molecule has 80 valence electrons. The maximum Gasteiger partial charge on any atom is 0.211 e. The molecule has 0 spiro atoms. The highest BCUT2D eigenvalue weighted by atomic mass is 16.5. The van der Waals surface area contributed by atoms with Crippen molar-refractivity contribution in [1.82, 2.24) is 5.32 Å². The predicted octanol–water partition coefficient (Wildman–Crippen LogP) is 1.42. The van der Waals surface area contributed by atoms with Crippen LogP contribution < -0.4 is 14.8 Å². The van der Waals surface area contributed by atoms with Gasteiger partial charge in [-0.25, -0.2) is 0 Å². The zero-order chi connectivity index (χ0) is 11.1. The minimum absolute atomic E-state index is 0.608. The fourth-order valence-corrected chi connectivity index (χ4v) is 1.14. The summed E-state index contributed by atoms with van der Waals surface area (Å²) in [5.41, 5.74) is 0.919. The summed E-state index contributed by atoms with van der Waals surface area (Å²) in [6, 6.07) is 5.49. The second-order valence-electron chi connectivity index (χ2n) is 2.73. The zero-order valence-corrected chi connectivity index (χ0v) is 8.69. The van der Waals surface area contributed by atoms with Crippen LogP contribution in [0.2, 0.25) is 0 Å². The molecular weight excluding hydrogens is 194 g/mol. The first-order valence-electron chi connectivity index (χ1n) is 4.40. The van der Waals surface area contributed by atoms with Gasteiger partial charge >= 0.3 is 0 Å². The summed E-state index contributed by atoms with van der Waals surface area (Å²) in [6.07, 6.45) is 3.92. The summed E-state index contributed by atoms with van der Waals surface area (Å²) in [5, 5.41) is 2.43. The highest BCUT2D eigenvalue weighted by Crippen LogP contribution is 2.27. The Balaban J connectivity index is 2.87. The van der Waals surface area contributed by atoms with Crippen LogP contribution in [0.4, 0.5) is 0 Å². The van der Waals surface area contributed by atoms with Gasteiger partial charge in [0.1, 0.15) is 0 Å². The van der Waals surface area contributed by atoms with Gasteiger partial charge in [-0.15, -0.1) is 0 Å². The second kappa shape index (κ2) is 5.70. The molecule has 0 unspecified atom stereocenters. The van der Waals surface area contributed by atoms with Crippen LogP contribution in [0.3, 0.4) is 0 Å². The van der Waals surface area contributed by atoms with Gasteiger partial charge in [0.25, 0.3) is 0 Å². The van der Waals surface area contributed by atoms with Crippen LogP contribution in [0, 0.1) is 0 Å². The van der Waals surface area contributed by atoms with Crippen molar-refractivity contribution in [1.29, 1.82) is 0 Å². The van der Waals surface area contributed by atoms with Crippen LogP contribution in [0.25, 0.3) is 6.08 Å². The van der Waals surface area contributed by atoms with Gasteiger partial charge < -0.3 is 14.8 Å². The van der Waals surface area contributed by atoms with Gasteiger partial charge in [0, 0.05) is 6.20 Å². The highest BCUT2D eigenvalue weighted by Gasteiger charge is 2.01. The monoisotopic (exact) mass is 207 g/mol. The van der Waals surface area contributed by atoms with Gasteiger partial charge in [-0.05, 0) is 23.8 Å². The van der Waals surface area contributed by atoms with Crippen LogP contribution in [-0.2, 0) is 4.79 Å². The smallest absolute Gasteiger partial charge is 0.211 e. The Morgan fingerprint density at radius 1 is 1.20 bits per heavy atom. The van der Waals surface area contributed by atoms with Gasteiger partial charge in [-0.1, -0.05) is 6.07 Å². The molecule has 0 heterocycles. The quantitative estimate of drug-likeness (QED) is 0.743. The molecule has 0 aliphatic carbocycles. The molecule has 1 aromatic carbocycles. The molecule has 0 aliphatic rings. The van der Waals surface area contributed by atoms with E-state index in [2.05, 4.69) is 5.32 Å². The van der Waals surface area contributed by atoms with E-state index in [1.54, 1.807) is 32.6 Å². The van der Waals surface area contributed by atoms with Crippen molar-refractivity contribution in [2.75, 3.05) is 14.2 Å². The number of amides is 1. The zero-order valence-electron chi connectivity index (χ0n) is 8.69. The number of rotatable bonds is 5. The first-order chi connectivity index (χ1) is 7.31. The third-order valence-electron chi connectivity index (χ3n) is 1.85. The fourth-order valence-electron chi connectivity index (χ4n) is 1.14. The molecule has 4 nitrogen and oxygen atoms in total. The average Bonchev–Trinajstić information content (AvgIpc) is 2.29. The number of benzene rings is 1. The van der Waals surface area contributed by atoms with Gasteiger partial charge in [0.05, 0.1) is 14.2 Å². The van der Waals surface area contributed by atoms with E-state index < -0.39 is 0 Å². The summed E-state index contributed by atoms with van der Waals surface area (Å²) in [7, 11) is 3.16. The molecule has 0 fully saturated rings. The summed E-state index contributed by atoms with van der Waals surface area (Å²) in [4.78, 5) is 10.0. The molecule has 0 atom stereocenters. The van der Waals surface area contributed by atoms with E-state index in [9.17, 15) is 4.79 Å². The van der Waals surface area contributed by atoms with Crippen molar-refractivity contribution in [3.05, 3.63) is 30.0 Å².